The van der Waals surface area contributed by atoms with Gasteiger partial charge in [0.2, 0.25) is 5.91 Å². The molecule has 3 aromatic heterocycles. The van der Waals surface area contributed by atoms with Crippen LogP contribution in [0.4, 0.5) is 24.7 Å². The molecule has 44 heavy (non-hydrogen) atoms. The third kappa shape index (κ3) is 7.10. The van der Waals surface area contributed by atoms with E-state index in [2.05, 4.69) is 31.0 Å². The Balaban J connectivity index is 0.00000141. The number of halogens is 3. The number of nitriles is 1. The van der Waals surface area contributed by atoms with Crippen LogP contribution in [0.1, 0.15) is 21.6 Å². The topological polar surface area (TPSA) is 183 Å². The predicted octanol–water partition coefficient (Wildman–Crippen LogP) is 2.05. The van der Waals surface area contributed by atoms with E-state index >= 15 is 0 Å². The molecule has 0 spiro atoms. The fraction of sp³-hybridized carbons (Fsp3) is 0.296. The molecule has 230 valence electrons. The summed E-state index contributed by atoms with van der Waals surface area (Å²) < 4.78 is 43.5. The van der Waals surface area contributed by atoms with E-state index in [0.29, 0.717) is 29.9 Å². The molecule has 4 aromatic rings. The zero-order chi connectivity index (χ0) is 31.9. The van der Waals surface area contributed by atoms with Crippen LogP contribution in [0, 0.1) is 18.3 Å². The van der Waals surface area contributed by atoms with Gasteiger partial charge in [0.25, 0.3) is 12.4 Å². The summed E-state index contributed by atoms with van der Waals surface area (Å²) in [4.78, 5) is 43.7. The van der Waals surface area contributed by atoms with Gasteiger partial charge in [-0.05, 0) is 30.7 Å². The van der Waals surface area contributed by atoms with Gasteiger partial charge in [0.1, 0.15) is 6.54 Å². The average Bonchev–Trinajstić information content (AvgIpc) is 3.62. The van der Waals surface area contributed by atoms with E-state index in [9.17, 15) is 22.8 Å². The van der Waals surface area contributed by atoms with Crippen molar-refractivity contribution in [3.05, 3.63) is 59.8 Å². The number of amides is 2. The smallest absolute Gasteiger partial charge is 0.435 e. The number of carboxylic acid groups (broad SMARTS) is 1. The van der Waals surface area contributed by atoms with Crippen LogP contribution in [-0.2, 0) is 22.3 Å². The standard InChI is InChI=1S/C26H25F3N10O2.CH2O2/c1-16-12-17(2-3-18(16)25(41)34-14-21(40)37-9-5-31-6-10-37)35-23-24-33-13-20(39(24)11-7-32-23)19-15-38(8-4-30)36-22(19)26(27,28)29;2-1-3/h2-3,7,11-13,15,31H,5-6,8-10,14H2,1H3,(H,32,35)(H,34,41);1H,(H,2,3). The van der Waals surface area contributed by atoms with E-state index in [0.717, 1.165) is 24.0 Å². The van der Waals surface area contributed by atoms with Crippen LogP contribution in [0.5, 0.6) is 0 Å². The van der Waals surface area contributed by atoms with E-state index in [1.54, 1.807) is 36.1 Å². The molecule has 0 aliphatic carbocycles. The lowest BCUT2D eigenvalue weighted by molar-refractivity contribution is -0.141. The number of anilines is 2. The molecule has 0 saturated carbocycles. The number of benzene rings is 1. The number of carbonyl (C=O) groups is 3. The van der Waals surface area contributed by atoms with Crippen molar-refractivity contribution in [3.63, 3.8) is 0 Å². The molecule has 4 heterocycles. The number of nitrogens with zero attached hydrogens (tertiary/aromatic N) is 7. The lowest BCUT2D eigenvalue weighted by Gasteiger charge is -2.27. The number of alkyl halides is 3. The summed E-state index contributed by atoms with van der Waals surface area (Å²) in [6.07, 6.45) is 0.597. The molecule has 4 N–H and O–H groups in total. The highest BCUT2D eigenvalue weighted by Crippen LogP contribution is 2.37. The van der Waals surface area contributed by atoms with Crippen molar-refractivity contribution in [2.24, 2.45) is 0 Å². The quantitative estimate of drug-likeness (QED) is 0.225. The first kappa shape index (κ1) is 31.4. The SMILES string of the molecule is Cc1cc(Nc2nccn3c(-c4cn(CC#N)nc4C(F)(F)F)cnc23)ccc1C(=O)NCC(=O)N1CCNCC1.O=CO. The first-order valence-electron chi connectivity index (χ1n) is 13.1. The van der Waals surface area contributed by atoms with Crippen molar-refractivity contribution in [1.82, 2.24) is 39.7 Å². The molecule has 5 rings (SSSR count). The van der Waals surface area contributed by atoms with Gasteiger partial charge in [-0.25, -0.2) is 9.97 Å². The summed E-state index contributed by atoms with van der Waals surface area (Å²) in [6, 6.07) is 6.77. The molecule has 1 aromatic carbocycles. The second-order valence-corrected chi connectivity index (χ2v) is 9.43. The molecule has 1 aliphatic rings. The number of piperazine rings is 1. The molecule has 0 unspecified atom stereocenters. The van der Waals surface area contributed by atoms with Crippen LogP contribution in [-0.4, -0.2) is 85.2 Å². The van der Waals surface area contributed by atoms with Crippen LogP contribution >= 0.6 is 0 Å². The minimum absolute atomic E-state index is 0.0993. The number of aryl methyl sites for hydroxylation is 1. The Bertz CT molecular complexity index is 1700. The second kappa shape index (κ2) is 13.6. The first-order valence-corrected chi connectivity index (χ1v) is 13.1. The van der Waals surface area contributed by atoms with Crippen molar-refractivity contribution in [2.75, 3.05) is 38.0 Å². The van der Waals surface area contributed by atoms with E-state index in [-0.39, 0.29) is 54.1 Å². The summed E-state index contributed by atoms with van der Waals surface area (Å²) in [7, 11) is 0. The van der Waals surface area contributed by atoms with Crippen LogP contribution in [0.2, 0.25) is 0 Å². The van der Waals surface area contributed by atoms with Crippen molar-refractivity contribution < 1.29 is 32.7 Å². The Kier molecular flexibility index (Phi) is 9.75. The highest BCUT2D eigenvalue weighted by molar-refractivity contribution is 5.98. The summed E-state index contributed by atoms with van der Waals surface area (Å²) in [6.45, 7) is 3.70. The third-order valence-corrected chi connectivity index (χ3v) is 6.57. The van der Waals surface area contributed by atoms with Gasteiger partial charge < -0.3 is 26.0 Å². The maximum Gasteiger partial charge on any atom is 0.435 e. The maximum atomic E-state index is 13.7. The summed E-state index contributed by atoms with van der Waals surface area (Å²) in [5.41, 5.74) is 0.637. The number of aromatic nitrogens is 5. The number of fused-ring (bicyclic) bond motifs is 1. The molecule has 17 heteroatoms. The number of carbonyl (C=O) groups excluding carboxylic acids is 2. The van der Waals surface area contributed by atoms with Crippen LogP contribution < -0.4 is 16.0 Å². The van der Waals surface area contributed by atoms with Gasteiger partial charge in [0.15, 0.2) is 17.2 Å². The largest absolute Gasteiger partial charge is 0.483 e. The Labute approximate surface area is 248 Å². The van der Waals surface area contributed by atoms with Crippen molar-refractivity contribution in [2.45, 2.75) is 19.6 Å². The second-order valence-electron chi connectivity index (χ2n) is 9.43. The maximum absolute atomic E-state index is 13.7. The molecule has 0 radical (unpaired) electrons. The molecule has 1 fully saturated rings. The number of rotatable bonds is 7. The highest BCUT2D eigenvalue weighted by Gasteiger charge is 2.38. The van der Waals surface area contributed by atoms with Gasteiger partial charge in [-0.1, -0.05) is 0 Å². The molecule has 0 bridgehead atoms. The molecular formula is C27H27F3N10O4. The lowest BCUT2D eigenvalue weighted by atomic mass is 10.1. The van der Waals surface area contributed by atoms with Gasteiger partial charge in [0.05, 0.1) is 30.1 Å². The number of imidazole rings is 1. The van der Waals surface area contributed by atoms with Crippen molar-refractivity contribution in [3.8, 4) is 17.3 Å². The average molecular weight is 613 g/mol. The highest BCUT2D eigenvalue weighted by atomic mass is 19.4. The number of nitrogens with one attached hydrogen (secondary N) is 3. The Morgan fingerprint density at radius 2 is 1.95 bits per heavy atom. The Hall–Kier alpha value is -5.50. The van der Waals surface area contributed by atoms with E-state index < -0.39 is 11.9 Å². The van der Waals surface area contributed by atoms with Gasteiger partial charge in [-0.15, -0.1) is 0 Å². The third-order valence-electron chi connectivity index (χ3n) is 6.57. The molecular weight excluding hydrogens is 585 g/mol. The Morgan fingerprint density at radius 1 is 1.23 bits per heavy atom. The summed E-state index contributed by atoms with van der Waals surface area (Å²) >= 11 is 0. The van der Waals surface area contributed by atoms with E-state index in [4.69, 9.17) is 15.2 Å². The van der Waals surface area contributed by atoms with Crippen LogP contribution in [0.3, 0.4) is 0 Å². The van der Waals surface area contributed by atoms with Crippen molar-refractivity contribution in [1.29, 1.82) is 5.26 Å². The zero-order valence-electron chi connectivity index (χ0n) is 23.3. The monoisotopic (exact) mass is 612 g/mol. The fourth-order valence-electron chi connectivity index (χ4n) is 4.59. The molecule has 0 atom stereocenters. The first-order chi connectivity index (χ1) is 21.1. The van der Waals surface area contributed by atoms with Gasteiger partial charge in [-0.3, -0.25) is 23.5 Å². The van der Waals surface area contributed by atoms with Crippen molar-refractivity contribution >= 4 is 35.4 Å². The molecule has 2 amide bonds. The van der Waals surface area contributed by atoms with Crippen LogP contribution in [0.15, 0.2) is 43.0 Å². The van der Waals surface area contributed by atoms with Gasteiger partial charge >= 0.3 is 6.18 Å². The molecule has 14 nitrogen and oxygen atoms in total. The van der Waals surface area contributed by atoms with Gasteiger partial charge in [0, 0.05) is 56.0 Å². The lowest BCUT2D eigenvalue weighted by Crippen LogP contribution is -2.49. The minimum Gasteiger partial charge on any atom is -0.483 e. The van der Waals surface area contributed by atoms with E-state index in [1.807, 2.05) is 0 Å². The summed E-state index contributed by atoms with van der Waals surface area (Å²) in [5.74, 6) is -0.253. The molecule has 1 aliphatic heterocycles. The normalized spacial score (nSPS) is 13.0. The minimum atomic E-state index is -4.74. The fourth-order valence-corrected chi connectivity index (χ4v) is 4.59. The Morgan fingerprint density at radius 3 is 2.61 bits per heavy atom. The van der Waals surface area contributed by atoms with Crippen LogP contribution in [0.25, 0.3) is 16.9 Å². The predicted molar refractivity (Wildman–Crippen MR) is 150 cm³/mol. The number of hydrogen-bond acceptors (Lipinski definition) is 9. The van der Waals surface area contributed by atoms with Gasteiger partial charge in [-0.2, -0.15) is 23.5 Å². The zero-order valence-corrected chi connectivity index (χ0v) is 23.3. The summed E-state index contributed by atoms with van der Waals surface area (Å²) in [5, 5.41) is 28.3. The van der Waals surface area contributed by atoms with E-state index in [1.165, 1.54) is 23.0 Å². The molecule has 1 saturated heterocycles. The number of hydrogen-bond donors (Lipinski definition) is 4.